The number of benzene rings is 2. The zero-order valence-electron chi connectivity index (χ0n) is 16.4. The monoisotopic (exact) mass is 401 g/mol. The van der Waals surface area contributed by atoms with Gasteiger partial charge in [-0.2, -0.15) is 18.2 Å². The molecule has 4 nitrogen and oxygen atoms in total. The molecule has 29 heavy (non-hydrogen) atoms. The normalized spacial score (nSPS) is 11.6. The van der Waals surface area contributed by atoms with Gasteiger partial charge in [0.2, 0.25) is 0 Å². The predicted octanol–water partition coefficient (Wildman–Crippen LogP) is 5.97. The topological polar surface area (TPSA) is 38.2 Å². The summed E-state index contributed by atoms with van der Waals surface area (Å²) in [5.41, 5.74) is 1.65. The van der Waals surface area contributed by atoms with Gasteiger partial charge in [0.05, 0.1) is 0 Å². The van der Waals surface area contributed by atoms with E-state index >= 15 is 0 Å². The second kappa shape index (κ2) is 8.51. The molecule has 7 heteroatoms. The summed E-state index contributed by atoms with van der Waals surface area (Å²) in [5, 5.41) is 0. The summed E-state index contributed by atoms with van der Waals surface area (Å²) in [7, 11) is 1.54. The van der Waals surface area contributed by atoms with Crippen molar-refractivity contribution in [1.82, 2.24) is 9.97 Å². The molecule has 0 saturated heterocycles. The van der Waals surface area contributed by atoms with Gasteiger partial charge in [-0.05, 0) is 29.2 Å². The molecule has 3 aromatic rings. The highest BCUT2D eigenvalue weighted by atomic mass is 19.4. The molecule has 0 unspecified atom stereocenters. The first kappa shape index (κ1) is 20.6. The predicted molar refractivity (Wildman–Crippen MR) is 106 cm³/mol. The van der Waals surface area contributed by atoms with Crippen LogP contribution >= 0.6 is 0 Å². The molecule has 0 fully saturated rings. The molecule has 1 heterocycles. The quantitative estimate of drug-likeness (QED) is 0.510. The van der Waals surface area contributed by atoms with Crippen LogP contribution in [-0.4, -0.2) is 17.0 Å². The Labute approximate surface area is 168 Å². The van der Waals surface area contributed by atoms with Crippen LogP contribution in [0, 0.1) is 0 Å². The summed E-state index contributed by atoms with van der Waals surface area (Å²) in [5.74, 6) is 0.0741. The van der Waals surface area contributed by atoms with Crippen LogP contribution in [0.25, 0.3) is 0 Å². The third kappa shape index (κ3) is 5.04. The van der Waals surface area contributed by atoms with E-state index in [1.165, 1.54) is 4.90 Å². The summed E-state index contributed by atoms with van der Waals surface area (Å²) in [6, 6.07) is 16.5. The number of rotatable bonds is 6. The maximum absolute atomic E-state index is 13.5. The largest absolute Gasteiger partial charge is 0.459 e. The van der Waals surface area contributed by atoms with E-state index in [4.69, 9.17) is 4.74 Å². The Kier molecular flexibility index (Phi) is 6.06. The van der Waals surface area contributed by atoms with Crippen molar-refractivity contribution in [3.05, 3.63) is 77.5 Å². The van der Waals surface area contributed by atoms with Crippen LogP contribution in [0.1, 0.15) is 36.5 Å². The van der Waals surface area contributed by atoms with Gasteiger partial charge in [-0.1, -0.05) is 56.3 Å². The van der Waals surface area contributed by atoms with Crippen LogP contribution in [0.4, 0.5) is 24.7 Å². The van der Waals surface area contributed by atoms with E-state index in [2.05, 4.69) is 23.8 Å². The van der Waals surface area contributed by atoms with Gasteiger partial charge in [0.15, 0.2) is 5.82 Å². The van der Waals surface area contributed by atoms with Gasteiger partial charge < -0.3 is 9.64 Å². The van der Waals surface area contributed by atoms with Crippen LogP contribution in [0.5, 0.6) is 6.01 Å². The molecule has 0 N–H and O–H groups in total. The number of nitrogens with zero attached hydrogens (tertiary/aromatic N) is 3. The van der Waals surface area contributed by atoms with Gasteiger partial charge in [-0.15, -0.1) is 0 Å². The number of aromatic nitrogens is 2. The molecule has 0 amide bonds. The summed E-state index contributed by atoms with van der Waals surface area (Å²) in [4.78, 5) is 9.21. The zero-order chi connectivity index (χ0) is 21.0. The minimum Gasteiger partial charge on any atom is -0.459 e. The second-order valence-corrected chi connectivity index (χ2v) is 6.97. The third-order valence-corrected chi connectivity index (χ3v) is 4.53. The van der Waals surface area contributed by atoms with E-state index in [1.54, 1.807) is 19.2 Å². The standard InChI is InChI=1S/C22H22F3N3O/c1-15(2)17-9-11-18(12-10-17)28(3)20-19(22(23,24)25)13-26-21(27-20)29-14-16-7-5-4-6-8-16/h4-13,15H,14H2,1-3H3. The minimum absolute atomic E-state index is 0.109. The van der Waals surface area contributed by atoms with Crippen molar-refractivity contribution < 1.29 is 17.9 Å². The maximum Gasteiger partial charge on any atom is 0.421 e. The molecule has 0 atom stereocenters. The van der Waals surface area contributed by atoms with E-state index in [1.807, 2.05) is 42.5 Å². The lowest BCUT2D eigenvalue weighted by atomic mass is 10.0. The van der Waals surface area contributed by atoms with Crippen molar-refractivity contribution in [3.63, 3.8) is 0 Å². The van der Waals surface area contributed by atoms with E-state index in [0.29, 0.717) is 11.6 Å². The molecule has 0 aliphatic heterocycles. The van der Waals surface area contributed by atoms with Gasteiger partial charge >= 0.3 is 12.2 Å². The highest BCUT2D eigenvalue weighted by Crippen LogP contribution is 2.38. The molecule has 0 bridgehead atoms. The lowest BCUT2D eigenvalue weighted by Gasteiger charge is -2.23. The number of hydrogen-bond acceptors (Lipinski definition) is 4. The molecular weight excluding hydrogens is 379 g/mol. The van der Waals surface area contributed by atoms with Crippen molar-refractivity contribution in [1.29, 1.82) is 0 Å². The maximum atomic E-state index is 13.5. The highest BCUT2D eigenvalue weighted by molar-refractivity contribution is 5.63. The van der Waals surface area contributed by atoms with Gasteiger partial charge in [0.25, 0.3) is 0 Å². The van der Waals surface area contributed by atoms with Gasteiger partial charge in [0.1, 0.15) is 12.2 Å². The molecule has 152 valence electrons. The Morgan fingerprint density at radius 3 is 2.24 bits per heavy atom. The molecule has 0 radical (unpaired) electrons. The average Bonchev–Trinajstić information content (AvgIpc) is 2.71. The first-order valence-electron chi connectivity index (χ1n) is 9.20. The summed E-state index contributed by atoms with van der Waals surface area (Å²) in [6.45, 7) is 4.28. The fourth-order valence-electron chi connectivity index (χ4n) is 2.81. The van der Waals surface area contributed by atoms with Crippen molar-refractivity contribution in [2.24, 2.45) is 0 Å². The van der Waals surface area contributed by atoms with Gasteiger partial charge in [-0.25, -0.2) is 4.98 Å². The fourth-order valence-corrected chi connectivity index (χ4v) is 2.81. The highest BCUT2D eigenvalue weighted by Gasteiger charge is 2.36. The Morgan fingerprint density at radius 1 is 1.00 bits per heavy atom. The fraction of sp³-hybridized carbons (Fsp3) is 0.273. The Balaban J connectivity index is 1.91. The molecule has 0 spiro atoms. The summed E-state index contributed by atoms with van der Waals surface area (Å²) < 4.78 is 46.1. The van der Waals surface area contributed by atoms with E-state index in [9.17, 15) is 13.2 Å². The number of alkyl halides is 3. The van der Waals surface area contributed by atoms with Gasteiger partial charge in [-0.3, -0.25) is 0 Å². The van der Waals surface area contributed by atoms with Crippen molar-refractivity contribution in [3.8, 4) is 6.01 Å². The van der Waals surface area contributed by atoms with Gasteiger partial charge in [0, 0.05) is 18.9 Å². The van der Waals surface area contributed by atoms with Crippen LogP contribution < -0.4 is 9.64 Å². The molecule has 0 aliphatic carbocycles. The molecule has 0 saturated carbocycles. The summed E-state index contributed by atoms with van der Waals surface area (Å²) in [6.07, 6.45) is -3.82. The number of ether oxygens (including phenoxy) is 1. The first-order chi connectivity index (χ1) is 13.8. The zero-order valence-corrected chi connectivity index (χ0v) is 16.4. The number of halogens is 3. The average molecular weight is 401 g/mol. The molecular formula is C22H22F3N3O. The van der Waals surface area contributed by atoms with E-state index in [-0.39, 0.29) is 18.4 Å². The number of anilines is 2. The van der Waals surface area contributed by atoms with Crippen LogP contribution in [0.2, 0.25) is 0 Å². The molecule has 0 aliphatic rings. The lowest BCUT2D eigenvalue weighted by molar-refractivity contribution is -0.137. The third-order valence-electron chi connectivity index (χ3n) is 4.53. The smallest absolute Gasteiger partial charge is 0.421 e. The van der Waals surface area contributed by atoms with Crippen LogP contribution in [-0.2, 0) is 12.8 Å². The molecule has 1 aromatic heterocycles. The Bertz CT molecular complexity index is 942. The Hall–Kier alpha value is -3.09. The van der Waals surface area contributed by atoms with Crippen LogP contribution in [0.3, 0.4) is 0 Å². The second-order valence-electron chi connectivity index (χ2n) is 6.97. The van der Waals surface area contributed by atoms with Crippen molar-refractivity contribution in [2.75, 3.05) is 11.9 Å². The summed E-state index contributed by atoms with van der Waals surface area (Å²) >= 11 is 0. The minimum atomic E-state index is -4.58. The Morgan fingerprint density at radius 2 is 1.66 bits per heavy atom. The van der Waals surface area contributed by atoms with Crippen LogP contribution in [0.15, 0.2) is 60.8 Å². The SMILES string of the molecule is CC(C)c1ccc(N(C)c2nc(OCc3ccccc3)ncc2C(F)(F)F)cc1. The van der Waals surface area contributed by atoms with E-state index in [0.717, 1.165) is 17.3 Å². The van der Waals surface area contributed by atoms with Crippen molar-refractivity contribution in [2.45, 2.75) is 32.5 Å². The first-order valence-corrected chi connectivity index (χ1v) is 9.20. The lowest BCUT2D eigenvalue weighted by Crippen LogP contribution is -2.19. The van der Waals surface area contributed by atoms with Crippen molar-refractivity contribution >= 4 is 11.5 Å². The molecule has 3 rings (SSSR count). The molecule has 2 aromatic carbocycles. The van der Waals surface area contributed by atoms with E-state index < -0.39 is 11.7 Å². The number of hydrogen-bond donors (Lipinski definition) is 0.